The van der Waals surface area contributed by atoms with E-state index in [1.54, 1.807) is 13.8 Å². The molecule has 0 aliphatic rings. The van der Waals surface area contributed by atoms with Crippen LogP contribution in [-0.4, -0.2) is 84.6 Å². The van der Waals surface area contributed by atoms with Crippen molar-refractivity contribution in [1.29, 1.82) is 0 Å². The minimum absolute atomic E-state index is 0.00125. The van der Waals surface area contributed by atoms with Crippen molar-refractivity contribution >= 4 is 23.7 Å². The maximum absolute atomic E-state index is 13.0. The van der Waals surface area contributed by atoms with Gasteiger partial charge in [-0.05, 0) is 5.92 Å². The van der Waals surface area contributed by atoms with E-state index in [0.29, 0.717) is 17.8 Å². The lowest BCUT2D eigenvalue weighted by Gasteiger charge is -2.25. The summed E-state index contributed by atoms with van der Waals surface area (Å²) in [4.78, 5) is 63.2. The number of nitrogens with two attached hydrogens (primary N) is 1. The molecule has 14 nitrogen and oxygen atoms in total. The molecule has 2 rings (SSSR count). The molecule has 0 bridgehead atoms. The van der Waals surface area contributed by atoms with Crippen molar-refractivity contribution in [3.05, 3.63) is 36.4 Å². The molecule has 2 heterocycles. The van der Waals surface area contributed by atoms with Crippen LogP contribution in [0.5, 0.6) is 0 Å². The van der Waals surface area contributed by atoms with Gasteiger partial charge in [-0.1, -0.05) is 20.3 Å². The Morgan fingerprint density at radius 1 is 0.943 bits per heavy atom. The molecular formula is C21H32N8O6. The van der Waals surface area contributed by atoms with Crippen LogP contribution in [0.25, 0.3) is 0 Å². The molecule has 9 N–H and O–H groups in total. The number of nitrogens with one attached hydrogen (secondary N) is 5. The summed E-state index contributed by atoms with van der Waals surface area (Å²) in [5.41, 5.74) is 7.12. The molecule has 35 heavy (non-hydrogen) atoms. The van der Waals surface area contributed by atoms with Crippen LogP contribution in [0.4, 0.5) is 0 Å². The first-order chi connectivity index (χ1) is 16.7. The van der Waals surface area contributed by atoms with Crippen molar-refractivity contribution in [1.82, 2.24) is 35.9 Å². The lowest BCUT2D eigenvalue weighted by atomic mass is 9.99. The van der Waals surface area contributed by atoms with Crippen LogP contribution < -0.4 is 21.7 Å². The van der Waals surface area contributed by atoms with Gasteiger partial charge in [-0.2, -0.15) is 0 Å². The predicted octanol–water partition coefficient (Wildman–Crippen LogP) is -2.18. The van der Waals surface area contributed by atoms with Gasteiger partial charge < -0.3 is 41.9 Å². The Morgan fingerprint density at radius 3 is 1.97 bits per heavy atom. The smallest absolute Gasteiger partial charge is 0.326 e. The number of aromatic nitrogens is 4. The standard InChI is InChI=1S/C21H32N8O6/c1-3-11(2)17(21(34)35)29-20(33)16(8-30)28-19(32)15(5-13-7-24-10-26-13)27-18(31)14(22)4-12-6-23-9-25-12/h6-7,9-11,14-17,30H,3-5,8,22H2,1-2H3,(H,23,25)(H,24,26)(H,27,31)(H,28,32)(H,29,33)(H,34,35). The van der Waals surface area contributed by atoms with Crippen molar-refractivity contribution in [3.63, 3.8) is 0 Å². The number of nitrogens with zero attached hydrogens (tertiary/aromatic N) is 2. The number of amides is 3. The quantitative estimate of drug-likeness (QED) is 0.143. The van der Waals surface area contributed by atoms with E-state index >= 15 is 0 Å². The molecule has 0 saturated carbocycles. The van der Waals surface area contributed by atoms with E-state index < -0.39 is 54.5 Å². The van der Waals surface area contributed by atoms with Gasteiger partial charge in [0, 0.05) is 36.6 Å². The Labute approximate surface area is 201 Å². The molecule has 5 atom stereocenters. The molecule has 0 spiro atoms. The lowest BCUT2D eigenvalue weighted by Crippen LogP contribution is -2.59. The molecule has 0 saturated heterocycles. The molecule has 14 heteroatoms. The number of aliphatic carboxylic acids is 1. The number of carbonyl (C=O) groups is 4. The SMILES string of the molecule is CCC(C)C(NC(=O)C(CO)NC(=O)C(Cc1cnc[nH]1)NC(=O)C(N)Cc1cnc[nH]1)C(=O)O. The van der Waals surface area contributed by atoms with Crippen LogP contribution in [0, 0.1) is 5.92 Å². The highest BCUT2D eigenvalue weighted by Crippen LogP contribution is 2.08. The third-order valence-corrected chi connectivity index (χ3v) is 5.54. The van der Waals surface area contributed by atoms with E-state index in [1.807, 2.05) is 0 Å². The number of carbonyl (C=O) groups excluding carboxylic acids is 3. The molecule has 5 unspecified atom stereocenters. The van der Waals surface area contributed by atoms with E-state index in [1.165, 1.54) is 25.0 Å². The second kappa shape index (κ2) is 13.2. The van der Waals surface area contributed by atoms with E-state index in [0.717, 1.165) is 0 Å². The highest BCUT2D eigenvalue weighted by molar-refractivity contribution is 5.94. The molecule has 0 fully saturated rings. The van der Waals surface area contributed by atoms with E-state index in [-0.39, 0.29) is 18.8 Å². The molecule has 0 aliphatic carbocycles. The number of rotatable bonds is 14. The summed E-state index contributed by atoms with van der Waals surface area (Å²) >= 11 is 0. The Kier molecular flexibility index (Phi) is 10.4. The number of aliphatic hydroxyl groups is 1. The van der Waals surface area contributed by atoms with Crippen molar-refractivity contribution in [2.75, 3.05) is 6.61 Å². The molecule has 192 valence electrons. The summed E-state index contributed by atoms with van der Waals surface area (Å²) in [6.07, 6.45) is 6.49. The highest BCUT2D eigenvalue weighted by Gasteiger charge is 2.32. The van der Waals surface area contributed by atoms with E-state index in [2.05, 4.69) is 35.9 Å². The van der Waals surface area contributed by atoms with E-state index in [4.69, 9.17) is 5.73 Å². The van der Waals surface area contributed by atoms with Gasteiger partial charge in [0.2, 0.25) is 17.7 Å². The summed E-state index contributed by atoms with van der Waals surface area (Å²) in [6, 6.07) is -4.79. The molecular weight excluding hydrogens is 460 g/mol. The van der Waals surface area contributed by atoms with Crippen molar-refractivity contribution in [2.24, 2.45) is 11.7 Å². The number of aromatic amines is 2. The number of carboxylic acids is 1. The third-order valence-electron chi connectivity index (χ3n) is 5.54. The van der Waals surface area contributed by atoms with Gasteiger partial charge in [-0.25, -0.2) is 14.8 Å². The van der Waals surface area contributed by atoms with Crippen LogP contribution in [0.2, 0.25) is 0 Å². The number of imidazole rings is 2. The molecule has 3 amide bonds. The van der Waals surface area contributed by atoms with Gasteiger partial charge in [-0.3, -0.25) is 14.4 Å². The van der Waals surface area contributed by atoms with Gasteiger partial charge in [0.05, 0.1) is 25.3 Å². The Hall–Kier alpha value is -3.78. The van der Waals surface area contributed by atoms with Gasteiger partial charge in [0.25, 0.3) is 0 Å². The zero-order valence-corrected chi connectivity index (χ0v) is 19.5. The summed E-state index contributed by atoms with van der Waals surface area (Å²) < 4.78 is 0. The Bertz CT molecular complexity index is 965. The Morgan fingerprint density at radius 2 is 1.49 bits per heavy atom. The number of carboxylic acid groups (broad SMARTS) is 1. The van der Waals surface area contributed by atoms with Crippen LogP contribution in [0.1, 0.15) is 31.7 Å². The van der Waals surface area contributed by atoms with Gasteiger partial charge in [0.15, 0.2) is 0 Å². The minimum atomic E-state index is -1.44. The fourth-order valence-electron chi connectivity index (χ4n) is 3.23. The van der Waals surface area contributed by atoms with Gasteiger partial charge in [-0.15, -0.1) is 0 Å². The molecule has 2 aromatic heterocycles. The zero-order valence-electron chi connectivity index (χ0n) is 19.5. The molecule has 2 aromatic rings. The number of H-pyrrole nitrogens is 2. The fraction of sp³-hybridized carbons (Fsp3) is 0.524. The topological polar surface area (TPSA) is 228 Å². The molecule has 0 radical (unpaired) electrons. The Balaban J connectivity index is 2.10. The number of aliphatic hydroxyl groups excluding tert-OH is 1. The van der Waals surface area contributed by atoms with Crippen LogP contribution >= 0.6 is 0 Å². The third kappa shape index (κ3) is 8.19. The second-order valence-electron chi connectivity index (χ2n) is 8.18. The fourth-order valence-corrected chi connectivity index (χ4v) is 3.23. The average molecular weight is 493 g/mol. The van der Waals surface area contributed by atoms with E-state index in [9.17, 15) is 29.4 Å². The number of hydrogen-bond donors (Lipinski definition) is 8. The maximum atomic E-state index is 13.0. The summed E-state index contributed by atoms with van der Waals surface area (Å²) in [5.74, 6) is -3.86. The first-order valence-corrected chi connectivity index (χ1v) is 11.1. The van der Waals surface area contributed by atoms with Crippen LogP contribution in [0.3, 0.4) is 0 Å². The second-order valence-corrected chi connectivity index (χ2v) is 8.18. The average Bonchev–Trinajstić information content (AvgIpc) is 3.53. The first kappa shape index (κ1) is 27.5. The van der Waals surface area contributed by atoms with Crippen LogP contribution in [0.15, 0.2) is 25.0 Å². The zero-order chi connectivity index (χ0) is 26.0. The highest BCUT2D eigenvalue weighted by atomic mass is 16.4. The number of hydrogen-bond acceptors (Lipinski definition) is 8. The normalized spacial score (nSPS) is 15.3. The summed E-state index contributed by atoms with van der Waals surface area (Å²) in [5, 5.41) is 26.4. The monoisotopic (exact) mass is 492 g/mol. The first-order valence-electron chi connectivity index (χ1n) is 11.1. The predicted molar refractivity (Wildman–Crippen MR) is 123 cm³/mol. The maximum Gasteiger partial charge on any atom is 0.326 e. The van der Waals surface area contributed by atoms with Gasteiger partial charge >= 0.3 is 5.97 Å². The molecule has 0 aliphatic heterocycles. The van der Waals surface area contributed by atoms with Crippen molar-refractivity contribution in [2.45, 2.75) is 57.3 Å². The molecule has 0 aromatic carbocycles. The lowest BCUT2D eigenvalue weighted by molar-refractivity contribution is -0.144. The largest absolute Gasteiger partial charge is 0.480 e. The van der Waals surface area contributed by atoms with Crippen molar-refractivity contribution in [3.8, 4) is 0 Å². The minimum Gasteiger partial charge on any atom is -0.480 e. The summed E-state index contributed by atoms with van der Waals surface area (Å²) in [7, 11) is 0. The summed E-state index contributed by atoms with van der Waals surface area (Å²) in [6.45, 7) is 2.65. The van der Waals surface area contributed by atoms with Crippen LogP contribution in [-0.2, 0) is 32.0 Å². The van der Waals surface area contributed by atoms with Crippen molar-refractivity contribution < 1.29 is 29.4 Å². The van der Waals surface area contributed by atoms with Gasteiger partial charge in [0.1, 0.15) is 18.1 Å².